The van der Waals surface area contributed by atoms with E-state index in [1.165, 1.54) is 0 Å². The highest BCUT2D eigenvalue weighted by Gasteiger charge is 2.07. The number of ether oxygens (including phenoxy) is 1. The number of carbonyl (C=O) groups is 1. The van der Waals surface area contributed by atoms with Gasteiger partial charge in [0.2, 0.25) is 0 Å². The third-order valence-electron chi connectivity index (χ3n) is 3.96. The van der Waals surface area contributed by atoms with Crippen molar-refractivity contribution in [2.24, 2.45) is 0 Å². The van der Waals surface area contributed by atoms with Crippen molar-refractivity contribution in [1.29, 1.82) is 0 Å². The van der Waals surface area contributed by atoms with Gasteiger partial charge < -0.3 is 15.4 Å². The number of halogens is 1. The van der Waals surface area contributed by atoms with Gasteiger partial charge in [-0.1, -0.05) is 53.6 Å². The van der Waals surface area contributed by atoms with E-state index in [0.29, 0.717) is 17.3 Å². The summed E-state index contributed by atoms with van der Waals surface area (Å²) in [5.41, 5.74) is 3.95. The topological polar surface area (TPSA) is 50.4 Å². The first-order valence-electron chi connectivity index (χ1n) is 8.67. The molecule has 5 heteroatoms. The Morgan fingerprint density at radius 2 is 1.70 bits per heavy atom. The second-order valence-electron chi connectivity index (χ2n) is 6.19. The lowest BCUT2D eigenvalue weighted by atomic mass is 10.2. The molecule has 138 valence electrons. The van der Waals surface area contributed by atoms with Gasteiger partial charge in [0, 0.05) is 17.9 Å². The van der Waals surface area contributed by atoms with E-state index in [2.05, 4.69) is 10.6 Å². The molecule has 0 aliphatic heterocycles. The highest BCUT2D eigenvalue weighted by Crippen LogP contribution is 2.26. The Morgan fingerprint density at radius 1 is 0.963 bits per heavy atom. The molecule has 0 heterocycles. The number of hydrogen-bond acceptors (Lipinski definition) is 3. The van der Waals surface area contributed by atoms with Crippen LogP contribution < -0.4 is 15.4 Å². The smallest absolute Gasteiger partial charge is 0.262 e. The molecule has 0 atom stereocenters. The van der Waals surface area contributed by atoms with Crippen molar-refractivity contribution >= 4 is 28.9 Å². The van der Waals surface area contributed by atoms with Gasteiger partial charge in [0.15, 0.2) is 6.61 Å². The first-order chi connectivity index (χ1) is 13.1. The second kappa shape index (κ2) is 9.10. The monoisotopic (exact) mass is 380 g/mol. The summed E-state index contributed by atoms with van der Waals surface area (Å²) >= 11 is 6.29. The Kier molecular flexibility index (Phi) is 6.34. The van der Waals surface area contributed by atoms with Crippen LogP contribution in [-0.4, -0.2) is 12.5 Å². The van der Waals surface area contributed by atoms with Gasteiger partial charge in [-0.05, 0) is 48.9 Å². The maximum atomic E-state index is 12.0. The van der Waals surface area contributed by atoms with E-state index in [0.717, 1.165) is 22.5 Å². The zero-order valence-corrected chi connectivity index (χ0v) is 15.8. The molecule has 0 aliphatic rings. The number of amides is 1. The van der Waals surface area contributed by atoms with Crippen LogP contribution in [0.15, 0.2) is 72.8 Å². The number of anilines is 2. The first kappa shape index (κ1) is 18.8. The van der Waals surface area contributed by atoms with Gasteiger partial charge in [-0.2, -0.15) is 0 Å². The second-order valence-corrected chi connectivity index (χ2v) is 6.59. The largest absolute Gasteiger partial charge is 0.482 e. The molecule has 0 saturated carbocycles. The lowest BCUT2D eigenvalue weighted by Gasteiger charge is -2.11. The number of nitrogens with one attached hydrogen (secondary N) is 2. The summed E-state index contributed by atoms with van der Waals surface area (Å²) in [6.07, 6.45) is 0. The highest BCUT2D eigenvalue weighted by atomic mass is 35.5. The Labute approximate surface area is 164 Å². The van der Waals surface area contributed by atoms with Gasteiger partial charge in [0.1, 0.15) is 5.75 Å². The Bertz CT molecular complexity index is 896. The average molecular weight is 381 g/mol. The fourth-order valence-electron chi connectivity index (χ4n) is 2.51. The van der Waals surface area contributed by atoms with Crippen LogP contribution in [0.5, 0.6) is 5.75 Å². The first-order valence-corrected chi connectivity index (χ1v) is 9.04. The van der Waals surface area contributed by atoms with Crippen molar-refractivity contribution in [3.8, 4) is 5.75 Å². The summed E-state index contributed by atoms with van der Waals surface area (Å²) in [4.78, 5) is 12.0. The number of rotatable bonds is 7. The van der Waals surface area contributed by atoms with Crippen molar-refractivity contribution in [2.75, 3.05) is 17.2 Å². The molecule has 0 spiro atoms. The van der Waals surface area contributed by atoms with Gasteiger partial charge in [-0.25, -0.2) is 0 Å². The average Bonchev–Trinajstić information content (AvgIpc) is 2.68. The molecule has 1 amide bonds. The van der Waals surface area contributed by atoms with Gasteiger partial charge in [0.05, 0.1) is 5.02 Å². The molecular formula is C22H21ClN2O2. The Balaban J connectivity index is 1.51. The number of hydrogen-bond donors (Lipinski definition) is 2. The van der Waals surface area contributed by atoms with E-state index in [-0.39, 0.29) is 12.5 Å². The Morgan fingerprint density at radius 3 is 2.41 bits per heavy atom. The molecule has 3 aromatic carbocycles. The molecule has 0 unspecified atom stereocenters. The third-order valence-corrected chi connectivity index (χ3v) is 4.26. The zero-order chi connectivity index (χ0) is 19.1. The van der Waals surface area contributed by atoms with Crippen LogP contribution >= 0.6 is 11.6 Å². The van der Waals surface area contributed by atoms with Gasteiger partial charge in [-0.15, -0.1) is 0 Å². The van der Waals surface area contributed by atoms with Crippen LogP contribution in [0, 0.1) is 6.92 Å². The quantitative estimate of drug-likeness (QED) is 0.586. The fraction of sp³-hybridized carbons (Fsp3) is 0.136. The van der Waals surface area contributed by atoms with Crippen LogP contribution in [0.4, 0.5) is 11.4 Å². The summed E-state index contributed by atoms with van der Waals surface area (Å²) in [6, 6.07) is 23.1. The van der Waals surface area contributed by atoms with Crippen LogP contribution in [0.2, 0.25) is 5.02 Å². The standard InChI is InChI=1S/C22H21ClN2O2/c1-16-7-10-19(11-8-16)25-22(26)15-27-21-12-9-17(13-20(21)23)14-24-18-5-3-2-4-6-18/h2-13,24H,14-15H2,1H3,(H,25,26). The van der Waals surface area contributed by atoms with E-state index in [1.807, 2.05) is 73.7 Å². The van der Waals surface area contributed by atoms with Crippen LogP contribution in [0.25, 0.3) is 0 Å². The molecular weight excluding hydrogens is 360 g/mol. The normalized spacial score (nSPS) is 10.3. The highest BCUT2D eigenvalue weighted by molar-refractivity contribution is 6.32. The molecule has 0 aliphatic carbocycles. The number of para-hydroxylation sites is 1. The molecule has 0 bridgehead atoms. The summed E-state index contributed by atoms with van der Waals surface area (Å²) in [5, 5.41) is 6.59. The third kappa shape index (κ3) is 5.76. The molecule has 3 rings (SSSR count). The molecule has 3 aromatic rings. The summed E-state index contributed by atoms with van der Waals surface area (Å²) in [5.74, 6) is 0.254. The molecule has 0 radical (unpaired) electrons. The van der Waals surface area contributed by atoms with Gasteiger partial charge >= 0.3 is 0 Å². The minimum Gasteiger partial charge on any atom is -0.482 e. The maximum absolute atomic E-state index is 12.0. The SMILES string of the molecule is Cc1ccc(NC(=O)COc2ccc(CNc3ccccc3)cc2Cl)cc1. The molecule has 4 nitrogen and oxygen atoms in total. The molecule has 0 saturated heterocycles. The lowest BCUT2D eigenvalue weighted by molar-refractivity contribution is -0.118. The lowest BCUT2D eigenvalue weighted by Crippen LogP contribution is -2.20. The van der Waals surface area contributed by atoms with E-state index in [1.54, 1.807) is 6.07 Å². The predicted octanol–water partition coefficient (Wildman–Crippen LogP) is 5.28. The molecule has 0 fully saturated rings. The van der Waals surface area contributed by atoms with Crippen molar-refractivity contribution in [3.05, 3.63) is 88.9 Å². The van der Waals surface area contributed by atoms with Gasteiger partial charge in [0.25, 0.3) is 5.91 Å². The van der Waals surface area contributed by atoms with Crippen LogP contribution in [0.1, 0.15) is 11.1 Å². The maximum Gasteiger partial charge on any atom is 0.262 e. The number of carbonyl (C=O) groups excluding carboxylic acids is 1. The summed E-state index contributed by atoms with van der Waals surface area (Å²) < 4.78 is 5.55. The van der Waals surface area contributed by atoms with Crippen molar-refractivity contribution in [1.82, 2.24) is 0 Å². The molecule has 0 aromatic heterocycles. The molecule has 2 N–H and O–H groups in total. The molecule has 27 heavy (non-hydrogen) atoms. The summed E-state index contributed by atoms with van der Waals surface area (Å²) in [6.45, 7) is 2.54. The van der Waals surface area contributed by atoms with Crippen LogP contribution in [0.3, 0.4) is 0 Å². The minimum absolute atomic E-state index is 0.102. The van der Waals surface area contributed by atoms with Crippen molar-refractivity contribution < 1.29 is 9.53 Å². The van der Waals surface area contributed by atoms with Crippen LogP contribution in [-0.2, 0) is 11.3 Å². The number of benzene rings is 3. The van der Waals surface area contributed by atoms with Gasteiger partial charge in [-0.3, -0.25) is 4.79 Å². The van der Waals surface area contributed by atoms with E-state index in [4.69, 9.17) is 16.3 Å². The van der Waals surface area contributed by atoms with E-state index in [9.17, 15) is 4.79 Å². The van der Waals surface area contributed by atoms with Crippen molar-refractivity contribution in [3.63, 3.8) is 0 Å². The zero-order valence-electron chi connectivity index (χ0n) is 15.0. The Hall–Kier alpha value is -2.98. The minimum atomic E-state index is -0.232. The predicted molar refractivity (Wildman–Crippen MR) is 111 cm³/mol. The van der Waals surface area contributed by atoms with E-state index < -0.39 is 0 Å². The number of aryl methyl sites for hydroxylation is 1. The fourth-order valence-corrected chi connectivity index (χ4v) is 2.77. The van der Waals surface area contributed by atoms with E-state index >= 15 is 0 Å². The summed E-state index contributed by atoms with van der Waals surface area (Å²) in [7, 11) is 0. The van der Waals surface area contributed by atoms with Crippen molar-refractivity contribution in [2.45, 2.75) is 13.5 Å².